The molecule has 0 spiro atoms. The van der Waals surface area contributed by atoms with Gasteiger partial charge in [0.05, 0.1) is 0 Å². The molecule has 1 heterocycles. The van der Waals surface area contributed by atoms with Crippen molar-refractivity contribution in [2.75, 3.05) is 13.2 Å². The van der Waals surface area contributed by atoms with E-state index in [9.17, 15) is 5.11 Å². The molecule has 213 valence electrons. The van der Waals surface area contributed by atoms with Crippen molar-refractivity contribution in [2.45, 2.75) is 82.1 Å². The Balaban J connectivity index is 0.000000195. The fourth-order valence-corrected chi connectivity index (χ4v) is 5.32. The third-order valence-corrected chi connectivity index (χ3v) is 9.11. The molecule has 0 amide bonds. The van der Waals surface area contributed by atoms with E-state index in [0.29, 0.717) is 6.10 Å². The van der Waals surface area contributed by atoms with Gasteiger partial charge in [-0.3, -0.25) is 0 Å². The Morgan fingerprint density at radius 3 is 0.850 bits per heavy atom. The standard InChI is InChI=1S/C13H9O.2C10H15.C4H8O.Sm/c14-13-11-7-3-1-5-9(11)10-6-2-4-8-12(10)13;2*1-6-7(2)9(4)10(5)8(6)3;1-2-4-5-3-1;/h1-8,14H;2*1-5H3;1-4H2;. The molecular formula is C37H47O2Sm. The maximum Gasteiger partial charge on any atom is 0.153 e. The average Bonchev–Trinajstić information content (AvgIpc) is 3.71. The van der Waals surface area contributed by atoms with E-state index in [-0.39, 0.29) is 40.4 Å². The van der Waals surface area contributed by atoms with Gasteiger partial charge in [-0.1, -0.05) is 118 Å². The topological polar surface area (TPSA) is 29.5 Å². The van der Waals surface area contributed by atoms with Crippen LogP contribution in [0.5, 0.6) is 0 Å². The van der Waals surface area contributed by atoms with Crippen molar-refractivity contribution in [3.8, 4) is 11.1 Å². The molecule has 1 aliphatic heterocycles. The molecule has 0 aromatic heterocycles. The Bertz CT molecular complexity index is 844. The summed E-state index contributed by atoms with van der Waals surface area (Å²) in [6.07, 6.45) is 2.95. The molecular weight excluding hydrogens is 627 g/mol. The van der Waals surface area contributed by atoms with Crippen molar-refractivity contribution in [3.05, 3.63) is 125 Å². The predicted molar refractivity (Wildman–Crippen MR) is 164 cm³/mol. The number of benzene rings is 2. The van der Waals surface area contributed by atoms with E-state index in [2.05, 4.69) is 69.2 Å². The molecule has 11 radical (unpaired) electrons. The smallest absolute Gasteiger partial charge is 0.153 e. The Hall–Kier alpha value is -0.302. The maximum atomic E-state index is 9.95. The predicted octanol–water partition coefficient (Wildman–Crippen LogP) is 9.71. The van der Waals surface area contributed by atoms with E-state index in [1.54, 1.807) is 0 Å². The van der Waals surface area contributed by atoms with E-state index in [0.717, 1.165) is 35.5 Å². The second-order valence-electron chi connectivity index (χ2n) is 11.0. The van der Waals surface area contributed by atoms with E-state index in [1.807, 2.05) is 48.5 Å². The first kappa shape index (κ1) is 35.9. The van der Waals surface area contributed by atoms with Crippen molar-refractivity contribution >= 4 is 0 Å². The Labute approximate surface area is 279 Å². The molecule has 0 atom stereocenters. The summed E-state index contributed by atoms with van der Waals surface area (Å²) in [5.41, 5.74) is 4.13. The summed E-state index contributed by atoms with van der Waals surface area (Å²) in [6.45, 7) is 24.0. The van der Waals surface area contributed by atoms with Crippen LogP contribution in [0.1, 0.15) is 93.2 Å². The van der Waals surface area contributed by atoms with Crippen LogP contribution in [0.25, 0.3) is 11.1 Å². The van der Waals surface area contributed by atoms with Crippen LogP contribution in [0, 0.1) is 106 Å². The summed E-state index contributed by atoms with van der Waals surface area (Å²) in [6, 6.07) is 15.9. The van der Waals surface area contributed by atoms with Crippen molar-refractivity contribution in [1.82, 2.24) is 0 Å². The third-order valence-electron chi connectivity index (χ3n) is 9.11. The van der Waals surface area contributed by atoms with Crippen molar-refractivity contribution < 1.29 is 50.2 Å². The number of fused-ring (bicyclic) bond motifs is 3. The zero-order valence-electron chi connectivity index (χ0n) is 26.2. The van der Waals surface area contributed by atoms with Gasteiger partial charge in [0.2, 0.25) is 0 Å². The van der Waals surface area contributed by atoms with Gasteiger partial charge in [0.1, 0.15) is 0 Å². The fraction of sp³-hybridized carbons (Fsp3) is 0.378. The number of aliphatic hydroxyl groups excluding tert-OH is 1. The van der Waals surface area contributed by atoms with Gasteiger partial charge in [0, 0.05) is 53.6 Å². The Morgan fingerprint density at radius 1 is 0.425 bits per heavy atom. The van der Waals surface area contributed by atoms with Gasteiger partial charge in [-0.15, -0.1) is 0 Å². The second kappa shape index (κ2) is 16.5. The zero-order valence-corrected chi connectivity index (χ0v) is 28.8. The molecule has 2 aromatic rings. The van der Waals surface area contributed by atoms with Crippen LogP contribution in [0.4, 0.5) is 0 Å². The van der Waals surface area contributed by atoms with Crippen LogP contribution in [0.2, 0.25) is 0 Å². The molecule has 6 rings (SSSR count). The summed E-state index contributed by atoms with van der Waals surface area (Å²) in [7, 11) is 0. The minimum absolute atomic E-state index is 0. The molecule has 2 saturated carbocycles. The molecule has 1 saturated heterocycles. The third kappa shape index (κ3) is 8.20. The van der Waals surface area contributed by atoms with Crippen LogP contribution >= 0.6 is 0 Å². The average molecular weight is 674 g/mol. The van der Waals surface area contributed by atoms with Crippen LogP contribution in [-0.2, 0) is 4.74 Å². The molecule has 3 fully saturated rings. The van der Waals surface area contributed by atoms with Crippen molar-refractivity contribution in [2.24, 2.45) is 0 Å². The van der Waals surface area contributed by atoms with Crippen molar-refractivity contribution in [3.63, 3.8) is 0 Å². The van der Waals surface area contributed by atoms with Crippen LogP contribution in [-0.4, -0.2) is 18.3 Å². The largest absolute Gasteiger partial charge is 0.381 e. The van der Waals surface area contributed by atoms with E-state index in [1.165, 1.54) is 72.0 Å². The number of aliphatic hydroxyl groups is 1. The first-order valence-electron chi connectivity index (χ1n) is 14.2. The number of hydrogen-bond acceptors (Lipinski definition) is 2. The SMILES string of the molecule is C1CCOC1.C[C]1[C](C)[C](C)[C](C)[C]1C.C[C]1[C](C)[C](C)[C](C)[C]1C.O[C]1c2ccccc2-c2ccccc21.[Sm]. The van der Waals surface area contributed by atoms with Crippen molar-refractivity contribution in [1.29, 1.82) is 0 Å². The van der Waals surface area contributed by atoms with Gasteiger partial charge in [0.15, 0.2) is 6.10 Å². The number of rotatable bonds is 0. The Kier molecular flexibility index (Phi) is 14.8. The minimum atomic E-state index is 0. The molecule has 2 aromatic carbocycles. The number of ether oxygens (including phenoxy) is 1. The Morgan fingerprint density at radius 2 is 0.650 bits per heavy atom. The molecule has 3 aliphatic carbocycles. The summed E-state index contributed by atoms with van der Waals surface area (Å²) in [4.78, 5) is 0. The molecule has 4 aliphatic rings. The van der Waals surface area contributed by atoms with Crippen LogP contribution in [0.15, 0.2) is 48.5 Å². The molecule has 40 heavy (non-hydrogen) atoms. The first-order valence-corrected chi connectivity index (χ1v) is 14.2. The van der Waals surface area contributed by atoms with E-state index in [4.69, 9.17) is 4.74 Å². The summed E-state index contributed by atoms with van der Waals surface area (Å²) in [5.74, 6) is 14.7. The second-order valence-corrected chi connectivity index (χ2v) is 11.0. The van der Waals surface area contributed by atoms with Gasteiger partial charge in [-0.05, 0) is 94.3 Å². The van der Waals surface area contributed by atoms with Crippen LogP contribution < -0.4 is 0 Å². The molecule has 0 unspecified atom stereocenters. The van der Waals surface area contributed by atoms with E-state index >= 15 is 0 Å². The normalized spacial score (nSPS) is 22.1. The van der Waals surface area contributed by atoms with Gasteiger partial charge in [-0.25, -0.2) is 0 Å². The maximum absolute atomic E-state index is 9.95. The zero-order chi connectivity index (χ0) is 28.9. The quantitative estimate of drug-likeness (QED) is 0.302. The number of hydrogen-bond donors (Lipinski definition) is 1. The molecule has 1 N–H and O–H groups in total. The van der Waals surface area contributed by atoms with Gasteiger partial charge in [0.25, 0.3) is 0 Å². The first-order chi connectivity index (χ1) is 18.5. The van der Waals surface area contributed by atoms with Crippen LogP contribution in [0.3, 0.4) is 0 Å². The fourth-order valence-electron chi connectivity index (χ4n) is 5.32. The summed E-state index contributed by atoms with van der Waals surface area (Å²) in [5, 5.41) is 9.95. The van der Waals surface area contributed by atoms with Gasteiger partial charge in [-0.2, -0.15) is 0 Å². The van der Waals surface area contributed by atoms with Gasteiger partial charge >= 0.3 is 0 Å². The van der Waals surface area contributed by atoms with E-state index < -0.39 is 0 Å². The minimum Gasteiger partial charge on any atom is -0.381 e. The monoisotopic (exact) mass is 675 g/mol. The van der Waals surface area contributed by atoms with Gasteiger partial charge < -0.3 is 9.84 Å². The molecule has 3 heteroatoms. The molecule has 2 nitrogen and oxygen atoms in total. The summed E-state index contributed by atoms with van der Waals surface area (Å²) >= 11 is 0. The summed E-state index contributed by atoms with van der Waals surface area (Å²) < 4.78 is 4.94. The molecule has 0 bridgehead atoms.